The summed E-state index contributed by atoms with van der Waals surface area (Å²) >= 11 is 6.29. The summed E-state index contributed by atoms with van der Waals surface area (Å²) in [5.41, 5.74) is 3.34. The molecule has 1 unspecified atom stereocenters. The summed E-state index contributed by atoms with van der Waals surface area (Å²) in [5, 5.41) is 8.93. The lowest BCUT2D eigenvalue weighted by molar-refractivity contribution is -0.111. The molecular formula is C36H45ClN8O3. The molecule has 3 aliphatic heterocycles. The van der Waals surface area contributed by atoms with Gasteiger partial charge in [-0.2, -0.15) is 0 Å². The molecule has 1 amide bonds. The lowest BCUT2D eigenvalue weighted by atomic mass is 9.91. The first-order valence-corrected chi connectivity index (χ1v) is 17.5. The highest BCUT2D eigenvalue weighted by Crippen LogP contribution is 2.41. The second-order valence-electron chi connectivity index (χ2n) is 13.0. The first-order chi connectivity index (χ1) is 23.5. The van der Waals surface area contributed by atoms with Gasteiger partial charge in [0.05, 0.1) is 36.8 Å². The van der Waals surface area contributed by atoms with Crippen molar-refractivity contribution in [1.29, 1.82) is 0 Å². The minimum atomic E-state index is -0.269. The van der Waals surface area contributed by atoms with E-state index in [4.69, 9.17) is 21.2 Å². The average molecular weight is 673 g/mol. The van der Waals surface area contributed by atoms with Crippen LogP contribution in [0.4, 0.5) is 28.7 Å². The summed E-state index contributed by atoms with van der Waals surface area (Å²) in [4.78, 5) is 35.3. The zero-order valence-corrected chi connectivity index (χ0v) is 28.4. The number of amides is 1. The van der Waals surface area contributed by atoms with Gasteiger partial charge in [0, 0.05) is 74.9 Å². The minimum Gasteiger partial charge on any atom is -0.494 e. The van der Waals surface area contributed by atoms with Gasteiger partial charge in [-0.25, -0.2) is 15.0 Å². The number of halogens is 1. The van der Waals surface area contributed by atoms with Gasteiger partial charge in [0.2, 0.25) is 5.91 Å². The number of anilines is 5. The Hall–Kier alpha value is -3.90. The van der Waals surface area contributed by atoms with Gasteiger partial charge in [0.25, 0.3) is 0 Å². The molecule has 1 atom stereocenters. The van der Waals surface area contributed by atoms with Crippen LogP contribution in [0.2, 0.25) is 5.02 Å². The number of nitrogens with one attached hydrogen (secondary N) is 2. The first-order valence-electron chi connectivity index (χ1n) is 17.1. The molecular weight excluding hydrogens is 628 g/mol. The third kappa shape index (κ3) is 7.10. The molecule has 2 N–H and O–H groups in total. The molecule has 48 heavy (non-hydrogen) atoms. The highest BCUT2D eigenvalue weighted by atomic mass is 35.5. The average Bonchev–Trinajstić information content (AvgIpc) is 3.59. The monoisotopic (exact) mass is 672 g/mol. The maximum atomic E-state index is 12.6. The van der Waals surface area contributed by atoms with Gasteiger partial charge in [-0.05, 0) is 55.5 Å². The molecule has 11 nitrogen and oxygen atoms in total. The Labute approximate surface area is 287 Å². The van der Waals surface area contributed by atoms with Gasteiger partial charge in [-0.1, -0.05) is 36.7 Å². The van der Waals surface area contributed by atoms with Crippen LogP contribution in [0.5, 0.6) is 5.75 Å². The highest BCUT2D eigenvalue weighted by Gasteiger charge is 2.33. The molecule has 1 aliphatic carbocycles. The molecule has 1 saturated carbocycles. The third-order valence-electron chi connectivity index (χ3n) is 10.3. The van der Waals surface area contributed by atoms with E-state index in [2.05, 4.69) is 41.9 Å². The van der Waals surface area contributed by atoms with Crippen molar-refractivity contribution in [3.63, 3.8) is 0 Å². The van der Waals surface area contributed by atoms with Gasteiger partial charge in [0.1, 0.15) is 17.9 Å². The number of carbonyl (C=O) groups excluding carboxylic acids is 1. The fraction of sp³-hybridized carbons (Fsp3) is 0.472. The summed E-state index contributed by atoms with van der Waals surface area (Å²) in [7, 11) is 1.65. The van der Waals surface area contributed by atoms with Crippen LogP contribution in [0.1, 0.15) is 50.1 Å². The SMILES string of the molecule is C=CC(=O)Nc1cc(Nc2cc(N3OCCC3c3cccc(Cl)c3)ncn2)c(OC)cc1N1CCC(N2CCN(C3CCC3)CC2)CC1. The van der Waals surface area contributed by atoms with Crippen LogP contribution < -0.4 is 25.3 Å². The number of hydroxylamine groups is 1. The van der Waals surface area contributed by atoms with Crippen molar-refractivity contribution in [2.45, 2.75) is 56.7 Å². The second kappa shape index (κ2) is 14.7. The Kier molecular flexibility index (Phi) is 9.99. The maximum absolute atomic E-state index is 12.6. The summed E-state index contributed by atoms with van der Waals surface area (Å²) in [5.74, 6) is 1.56. The summed E-state index contributed by atoms with van der Waals surface area (Å²) < 4.78 is 5.89. The lowest BCUT2D eigenvalue weighted by Gasteiger charge is -2.46. The van der Waals surface area contributed by atoms with Crippen molar-refractivity contribution in [2.75, 3.05) is 73.6 Å². The van der Waals surface area contributed by atoms with Crippen LogP contribution in [0.25, 0.3) is 0 Å². The number of rotatable bonds is 10. The minimum absolute atomic E-state index is 0.0259. The van der Waals surface area contributed by atoms with Crippen LogP contribution in [0.15, 0.2) is 61.4 Å². The fourth-order valence-corrected chi connectivity index (χ4v) is 7.66. The number of benzene rings is 2. The maximum Gasteiger partial charge on any atom is 0.247 e. The Morgan fingerprint density at radius 3 is 2.38 bits per heavy atom. The molecule has 3 saturated heterocycles. The van der Waals surface area contributed by atoms with Crippen LogP contribution in [0.3, 0.4) is 0 Å². The van der Waals surface area contributed by atoms with E-state index in [0.29, 0.717) is 46.4 Å². The van der Waals surface area contributed by atoms with Gasteiger partial charge < -0.3 is 20.3 Å². The molecule has 4 aliphatic rings. The summed E-state index contributed by atoms with van der Waals surface area (Å²) in [6.07, 6.45) is 9.91. The zero-order chi connectivity index (χ0) is 33.0. The van der Waals surface area contributed by atoms with E-state index in [1.165, 1.54) is 44.8 Å². The Bertz CT molecular complexity index is 1600. The molecule has 7 rings (SSSR count). The molecule has 0 bridgehead atoms. The van der Waals surface area contributed by atoms with E-state index in [1.807, 2.05) is 47.5 Å². The number of hydrogen-bond donors (Lipinski definition) is 2. The Morgan fingerprint density at radius 1 is 0.958 bits per heavy atom. The van der Waals surface area contributed by atoms with Crippen LogP contribution in [-0.4, -0.2) is 90.7 Å². The predicted molar refractivity (Wildman–Crippen MR) is 190 cm³/mol. The summed E-state index contributed by atoms with van der Waals surface area (Å²) in [6.45, 7) is 10.7. The van der Waals surface area contributed by atoms with Gasteiger partial charge in [-0.3, -0.25) is 19.4 Å². The van der Waals surface area contributed by atoms with Crippen molar-refractivity contribution < 1.29 is 14.4 Å². The predicted octanol–water partition coefficient (Wildman–Crippen LogP) is 6.03. The summed E-state index contributed by atoms with van der Waals surface area (Å²) in [6, 6.07) is 14.9. The van der Waals surface area contributed by atoms with Crippen molar-refractivity contribution in [3.8, 4) is 5.75 Å². The van der Waals surface area contributed by atoms with E-state index >= 15 is 0 Å². The largest absolute Gasteiger partial charge is 0.494 e. The van der Waals surface area contributed by atoms with E-state index < -0.39 is 0 Å². The van der Waals surface area contributed by atoms with Crippen LogP contribution >= 0.6 is 11.6 Å². The number of hydrogen-bond acceptors (Lipinski definition) is 10. The van der Waals surface area contributed by atoms with Crippen LogP contribution in [-0.2, 0) is 9.63 Å². The third-order valence-corrected chi connectivity index (χ3v) is 10.5. The van der Waals surface area contributed by atoms with Gasteiger partial charge >= 0.3 is 0 Å². The van der Waals surface area contributed by atoms with E-state index in [0.717, 1.165) is 62.7 Å². The second-order valence-corrected chi connectivity index (χ2v) is 13.5. The molecule has 4 heterocycles. The number of piperidine rings is 1. The normalized spacial score (nSPS) is 21.2. The van der Waals surface area contributed by atoms with Crippen molar-refractivity contribution in [1.82, 2.24) is 19.8 Å². The molecule has 254 valence electrons. The fourth-order valence-electron chi connectivity index (χ4n) is 7.46. The number of methoxy groups -OCH3 is 1. The van der Waals surface area contributed by atoms with Crippen molar-refractivity contribution in [3.05, 3.63) is 72.0 Å². The number of ether oxygens (including phenoxy) is 1. The number of piperazine rings is 1. The molecule has 4 fully saturated rings. The van der Waals surface area contributed by atoms with E-state index in [-0.39, 0.29) is 11.9 Å². The van der Waals surface area contributed by atoms with Gasteiger partial charge in [-0.15, -0.1) is 0 Å². The molecule has 0 spiro atoms. The van der Waals surface area contributed by atoms with Gasteiger partial charge in [0.15, 0.2) is 5.82 Å². The first kappa shape index (κ1) is 32.6. The zero-order valence-electron chi connectivity index (χ0n) is 27.6. The Balaban J connectivity index is 1.07. The molecule has 3 aromatic rings. The van der Waals surface area contributed by atoms with E-state index in [9.17, 15) is 4.79 Å². The molecule has 2 aromatic carbocycles. The number of aromatic nitrogens is 2. The highest BCUT2D eigenvalue weighted by molar-refractivity contribution is 6.30. The van der Waals surface area contributed by atoms with Crippen molar-refractivity contribution >= 4 is 46.2 Å². The van der Waals surface area contributed by atoms with Crippen LogP contribution in [0, 0.1) is 0 Å². The smallest absolute Gasteiger partial charge is 0.247 e. The Morgan fingerprint density at radius 2 is 1.71 bits per heavy atom. The topological polar surface area (TPSA) is 98.3 Å². The number of nitrogens with zero attached hydrogens (tertiary/aromatic N) is 6. The quantitative estimate of drug-likeness (QED) is 0.249. The van der Waals surface area contributed by atoms with E-state index in [1.54, 1.807) is 7.11 Å². The molecule has 12 heteroatoms. The van der Waals surface area contributed by atoms with Crippen molar-refractivity contribution in [2.24, 2.45) is 0 Å². The number of carbonyl (C=O) groups is 1. The standard InChI is InChI=1S/C36H45ClN8O3/c1-3-36(46)41-29-21-30(40-34-23-35(39-24-38-34)45-31(12-19-48-45)25-6-4-7-26(37)20-25)33(47-2)22-32(29)44-13-10-28(11-14-44)43-17-15-42(16-18-43)27-8-5-9-27/h3-4,6-7,20-24,27-28,31H,1,5,8-19H2,2H3,(H,41,46)(H,38,39,40). The molecule has 1 aromatic heterocycles. The lowest BCUT2D eigenvalue weighted by Crippen LogP contribution is -2.56. The molecule has 0 radical (unpaired) electrons.